The van der Waals surface area contributed by atoms with Gasteiger partial charge in [-0.1, -0.05) is 11.6 Å². The largest absolute Gasteiger partial charge is 0.484 e. The second kappa shape index (κ2) is 9.55. The van der Waals surface area contributed by atoms with E-state index in [1.54, 1.807) is 13.8 Å². The van der Waals surface area contributed by atoms with Gasteiger partial charge in [-0.25, -0.2) is 14.4 Å². The van der Waals surface area contributed by atoms with E-state index in [1.807, 2.05) is 0 Å². The Morgan fingerprint density at radius 1 is 1.18 bits per heavy atom. The zero-order valence-corrected chi connectivity index (χ0v) is 19.4. The van der Waals surface area contributed by atoms with Gasteiger partial charge in [-0.05, 0) is 44.4 Å². The number of carbonyl (C=O) groups is 2. The minimum atomic E-state index is -0.876. The fourth-order valence-electron chi connectivity index (χ4n) is 4.16. The first-order chi connectivity index (χ1) is 16.2. The SMILES string of the molecule is Cc1ncnc(C)c1OCC(=O)NC12CC(=C(NC(=O)COc3ccc(Cl)c(F)c3)C[C@@H]1O)C2. The average Bonchev–Trinajstić information content (AvgIpc) is 2.75. The highest BCUT2D eigenvalue weighted by atomic mass is 35.5. The molecular weight excluding hydrogens is 467 g/mol. The van der Waals surface area contributed by atoms with E-state index in [9.17, 15) is 19.1 Å². The van der Waals surface area contributed by atoms with E-state index in [2.05, 4.69) is 20.6 Å². The Morgan fingerprint density at radius 3 is 2.50 bits per heavy atom. The van der Waals surface area contributed by atoms with Crippen molar-refractivity contribution in [2.24, 2.45) is 0 Å². The Morgan fingerprint density at radius 2 is 1.85 bits per heavy atom. The summed E-state index contributed by atoms with van der Waals surface area (Å²) >= 11 is 5.63. The summed E-state index contributed by atoms with van der Waals surface area (Å²) in [4.78, 5) is 32.9. The van der Waals surface area contributed by atoms with Crippen LogP contribution in [0.3, 0.4) is 0 Å². The van der Waals surface area contributed by atoms with Crippen LogP contribution in [0.15, 0.2) is 35.8 Å². The Balaban J connectivity index is 1.28. The highest BCUT2D eigenvalue weighted by Gasteiger charge is 2.52. The summed E-state index contributed by atoms with van der Waals surface area (Å²) in [6.07, 6.45) is 1.58. The smallest absolute Gasteiger partial charge is 0.262 e. The fraction of sp³-hybridized carbons (Fsp3) is 0.391. The van der Waals surface area contributed by atoms with Crippen molar-refractivity contribution in [2.75, 3.05) is 13.2 Å². The minimum absolute atomic E-state index is 0.0358. The molecule has 3 N–H and O–H groups in total. The van der Waals surface area contributed by atoms with Gasteiger partial charge in [-0.2, -0.15) is 0 Å². The molecule has 0 radical (unpaired) electrons. The Kier molecular flexibility index (Phi) is 6.72. The number of nitrogens with one attached hydrogen (secondary N) is 2. The molecular formula is C23H24ClFN4O5. The average molecular weight is 491 g/mol. The molecule has 1 fully saturated rings. The first kappa shape index (κ1) is 23.9. The highest BCUT2D eigenvalue weighted by molar-refractivity contribution is 6.30. The van der Waals surface area contributed by atoms with Crippen LogP contribution in [-0.2, 0) is 9.59 Å². The summed E-state index contributed by atoms with van der Waals surface area (Å²) in [6.45, 7) is 2.98. The van der Waals surface area contributed by atoms with E-state index >= 15 is 0 Å². The summed E-state index contributed by atoms with van der Waals surface area (Å²) < 4.78 is 24.4. The number of amides is 2. The van der Waals surface area contributed by atoms with Crippen LogP contribution in [-0.4, -0.2) is 51.7 Å². The van der Waals surface area contributed by atoms with Gasteiger partial charge in [0.15, 0.2) is 19.0 Å². The van der Waals surface area contributed by atoms with Gasteiger partial charge < -0.3 is 25.2 Å². The van der Waals surface area contributed by atoms with Crippen LogP contribution >= 0.6 is 11.6 Å². The number of rotatable bonds is 8. The maximum absolute atomic E-state index is 13.5. The van der Waals surface area contributed by atoms with Crippen LogP contribution < -0.4 is 20.1 Å². The van der Waals surface area contributed by atoms with E-state index in [0.29, 0.717) is 35.7 Å². The standard InChI is InChI=1S/C23H24ClFN4O5/c1-12-22(13(2)27-11-26-12)34-10-21(32)29-23-7-14(8-23)18(6-19(23)30)28-20(31)9-33-15-3-4-16(24)17(25)5-15/h3-5,11,19,30H,6-10H2,1-2H3,(H,28,31)(H,29,32)/t19-/m0/s1. The van der Waals surface area contributed by atoms with E-state index in [1.165, 1.54) is 18.5 Å². The lowest BCUT2D eigenvalue weighted by atomic mass is 9.62. The minimum Gasteiger partial charge on any atom is -0.484 e. The molecule has 0 spiro atoms. The van der Waals surface area contributed by atoms with Crippen molar-refractivity contribution >= 4 is 23.4 Å². The lowest BCUT2D eigenvalue weighted by molar-refractivity contribution is -0.129. The zero-order valence-electron chi connectivity index (χ0n) is 18.7. The van der Waals surface area contributed by atoms with Crippen LogP contribution in [0.2, 0.25) is 5.02 Å². The van der Waals surface area contributed by atoms with Crippen molar-refractivity contribution in [2.45, 2.75) is 44.8 Å². The summed E-state index contributed by atoms with van der Waals surface area (Å²) in [5, 5.41) is 16.3. The number of aliphatic hydroxyl groups excluding tert-OH is 1. The van der Waals surface area contributed by atoms with E-state index in [-0.39, 0.29) is 36.3 Å². The van der Waals surface area contributed by atoms with Gasteiger partial charge in [0.25, 0.3) is 11.8 Å². The van der Waals surface area contributed by atoms with Gasteiger partial charge in [0.1, 0.15) is 17.9 Å². The lowest BCUT2D eigenvalue weighted by Gasteiger charge is -2.52. The third-order valence-electron chi connectivity index (χ3n) is 5.97. The van der Waals surface area contributed by atoms with E-state index in [4.69, 9.17) is 21.1 Å². The number of nitrogens with zero attached hydrogens (tertiary/aromatic N) is 2. The summed E-state index contributed by atoms with van der Waals surface area (Å²) in [5.41, 5.74) is 2.05. The molecule has 0 unspecified atom stereocenters. The number of halogens is 2. The van der Waals surface area contributed by atoms with Crippen LogP contribution in [0.25, 0.3) is 0 Å². The zero-order chi connectivity index (χ0) is 24.5. The van der Waals surface area contributed by atoms with Crippen molar-refractivity contribution in [3.8, 4) is 11.5 Å². The number of carbonyl (C=O) groups excluding carboxylic acids is 2. The van der Waals surface area contributed by atoms with Crippen LogP contribution in [0, 0.1) is 19.7 Å². The van der Waals surface area contributed by atoms with Crippen LogP contribution in [0.4, 0.5) is 4.39 Å². The van der Waals surface area contributed by atoms with Gasteiger partial charge >= 0.3 is 0 Å². The van der Waals surface area contributed by atoms with Crippen molar-refractivity contribution in [1.82, 2.24) is 20.6 Å². The van der Waals surface area contributed by atoms with Crippen LogP contribution in [0.1, 0.15) is 30.7 Å². The molecule has 1 aromatic heterocycles. The van der Waals surface area contributed by atoms with Crippen molar-refractivity contribution in [3.63, 3.8) is 0 Å². The third-order valence-corrected chi connectivity index (χ3v) is 6.27. The Bertz CT molecular complexity index is 1140. The molecule has 2 bridgehead atoms. The molecule has 1 atom stereocenters. The monoisotopic (exact) mass is 490 g/mol. The van der Waals surface area contributed by atoms with Crippen molar-refractivity contribution in [1.29, 1.82) is 0 Å². The van der Waals surface area contributed by atoms with Gasteiger partial charge in [0.2, 0.25) is 0 Å². The molecule has 1 aromatic carbocycles. The predicted octanol–water partition coefficient (Wildman–Crippen LogP) is 2.13. The number of hydrogen-bond donors (Lipinski definition) is 3. The van der Waals surface area contributed by atoms with E-state index < -0.39 is 23.4 Å². The summed E-state index contributed by atoms with van der Waals surface area (Å²) in [7, 11) is 0. The predicted molar refractivity (Wildman–Crippen MR) is 120 cm³/mol. The first-order valence-electron chi connectivity index (χ1n) is 10.7. The molecule has 2 amide bonds. The molecule has 2 aromatic rings. The van der Waals surface area contributed by atoms with Gasteiger partial charge in [-0.3, -0.25) is 9.59 Å². The third kappa shape index (κ3) is 4.97. The number of aliphatic hydroxyl groups is 1. The number of aryl methyl sites for hydroxylation is 2. The van der Waals surface area contributed by atoms with Gasteiger partial charge in [-0.15, -0.1) is 0 Å². The number of hydrogen-bond acceptors (Lipinski definition) is 7. The topological polar surface area (TPSA) is 123 Å². The molecule has 0 aliphatic heterocycles. The Hall–Kier alpha value is -3.24. The molecule has 0 saturated heterocycles. The maximum Gasteiger partial charge on any atom is 0.262 e. The number of benzene rings is 1. The second-order valence-electron chi connectivity index (χ2n) is 8.43. The second-order valence-corrected chi connectivity index (χ2v) is 8.84. The van der Waals surface area contributed by atoms with Crippen molar-refractivity contribution in [3.05, 3.63) is 58.0 Å². The Labute approximate surface area is 200 Å². The number of ether oxygens (including phenoxy) is 2. The molecule has 5 rings (SSSR count). The number of aromatic nitrogens is 2. The quantitative estimate of drug-likeness (QED) is 0.518. The lowest BCUT2D eigenvalue weighted by Crippen LogP contribution is -2.65. The van der Waals surface area contributed by atoms with Crippen LogP contribution in [0.5, 0.6) is 11.5 Å². The molecule has 180 valence electrons. The van der Waals surface area contributed by atoms with Gasteiger partial charge in [0.05, 0.1) is 28.1 Å². The van der Waals surface area contributed by atoms with E-state index in [0.717, 1.165) is 11.6 Å². The number of fused-ring (bicyclic) bond motifs is 2. The first-order valence-corrected chi connectivity index (χ1v) is 11.0. The fourth-order valence-corrected chi connectivity index (χ4v) is 4.28. The van der Waals surface area contributed by atoms with Crippen molar-refractivity contribution < 1.29 is 28.6 Å². The highest BCUT2D eigenvalue weighted by Crippen LogP contribution is 2.47. The normalized spacial score (nSPS) is 20.9. The summed E-state index contributed by atoms with van der Waals surface area (Å²) in [6, 6.07) is 3.91. The molecule has 1 heterocycles. The maximum atomic E-state index is 13.5. The summed E-state index contributed by atoms with van der Waals surface area (Å²) in [5.74, 6) is -0.796. The molecule has 3 aliphatic carbocycles. The molecule has 9 nitrogen and oxygen atoms in total. The molecule has 11 heteroatoms. The molecule has 3 aliphatic rings. The molecule has 1 saturated carbocycles. The van der Waals surface area contributed by atoms with Gasteiger partial charge in [0, 0.05) is 18.2 Å². The molecule has 34 heavy (non-hydrogen) atoms.